The molecule has 0 radical (unpaired) electrons. The molecule has 1 aromatic heterocycles. The summed E-state index contributed by atoms with van der Waals surface area (Å²) in [5.74, 6) is -0.436. The Balaban J connectivity index is 1.94. The molecule has 0 aliphatic rings. The van der Waals surface area contributed by atoms with E-state index < -0.39 is 11.2 Å². The average Bonchev–Trinajstić information content (AvgIpc) is 2.78. The van der Waals surface area contributed by atoms with Crippen LogP contribution >= 0.6 is 11.8 Å². The number of carbonyl (C=O) groups excluding carboxylic acids is 1. The van der Waals surface area contributed by atoms with Gasteiger partial charge in [0.15, 0.2) is 5.69 Å². The highest BCUT2D eigenvalue weighted by atomic mass is 32.2. The van der Waals surface area contributed by atoms with Crippen molar-refractivity contribution in [1.82, 2.24) is 9.55 Å². The minimum atomic E-state index is -0.703. The summed E-state index contributed by atoms with van der Waals surface area (Å²) in [4.78, 5) is 42.9. The van der Waals surface area contributed by atoms with Gasteiger partial charge in [-0.05, 0) is 42.2 Å². The number of thioether (sulfide) groups is 1. The number of aromatic nitrogens is 2. The van der Waals surface area contributed by atoms with Gasteiger partial charge in [-0.3, -0.25) is 19.1 Å². The molecule has 9 heteroatoms. The van der Waals surface area contributed by atoms with E-state index in [1.54, 1.807) is 12.1 Å². The van der Waals surface area contributed by atoms with Crippen LogP contribution in [-0.2, 0) is 11.3 Å². The number of nitrogens with one attached hydrogen (secondary N) is 1. The molecule has 0 fully saturated rings. The number of benzene rings is 2. The second kappa shape index (κ2) is 11.0. The average molecular weight is 471 g/mol. The van der Waals surface area contributed by atoms with E-state index in [0.29, 0.717) is 6.42 Å². The number of carbonyl (C=O) groups is 1. The van der Waals surface area contributed by atoms with Crippen LogP contribution in [0.2, 0.25) is 0 Å². The number of aromatic amines is 1. The maximum Gasteiger partial charge on any atom is 0.330 e. The normalized spacial score (nSPS) is 11.0. The largest absolute Gasteiger partial charge is 0.383 e. The third-order valence-electron chi connectivity index (χ3n) is 5.07. The van der Waals surface area contributed by atoms with Crippen LogP contribution in [0.3, 0.4) is 0 Å². The van der Waals surface area contributed by atoms with Crippen molar-refractivity contribution in [2.75, 3.05) is 22.9 Å². The van der Waals surface area contributed by atoms with Crippen LogP contribution in [0.4, 0.5) is 15.9 Å². The van der Waals surface area contributed by atoms with E-state index in [1.807, 2.05) is 44.2 Å². The van der Waals surface area contributed by atoms with E-state index in [1.165, 1.54) is 33.4 Å². The number of hydrogen-bond acceptors (Lipinski definition) is 5. The molecule has 0 saturated heterocycles. The SMILES string of the molecule is CC(C)CCN(C(=O)CSc1ccc(F)cc1)c1c(N)n(Cc2ccccc2)c(=O)[nH]c1=O. The minimum Gasteiger partial charge on any atom is -0.383 e. The molecule has 0 aliphatic carbocycles. The molecule has 7 nitrogen and oxygen atoms in total. The molecule has 0 aliphatic heterocycles. The lowest BCUT2D eigenvalue weighted by Crippen LogP contribution is -2.42. The van der Waals surface area contributed by atoms with Crippen molar-refractivity contribution in [3.05, 3.63) is 86.8 Å². The Hall–Kier alpha value is -3.33. The van der Waals surface area contributed by atoms with Gasteiger partial charge in [-0.25, -0.2) is 9.18 Å². The van der Waals surface area contributed by atoms with Crippen LogP contribution in [0.1, 0.15) is 25.8 Å². The van der Waals surface area contributed by atoms with E-state index in [0.717, 1.165) is 10.5 Å². The Labute approximate surface area is 195 Å². The first-order chi connectivity index (χ1) is 15.8. The van der Waals surface area contributed by atoms with E-state index in [4.69, 9.17) is 5.73 Å². The lowest BCUT2D eigenvalue weighted by molar-refractivity contribution is -0.116. The van der Waals surface area contributed by atoms with Gasteiger partial charge in [0.25, 0.3) is 5.56 Å². The fraction of sp³-hybridized carbons (Fsp3) is 0.292. The molecule has 2 aromatic carbocycles. The fourth-order valence-corrected chi connectivity index (χ4v) is 4.04. The Morgan fingerprint density at radius 1 is 1.12 bits per heavy atom. The number of H-pyrrole nitrogens is 1. The van der Waals surface area contributed by atoms with Gasteiger partial charge >= 0.3 is 5.69 Å². The molecule has 0 atom stereocenters. The van der Waals surface area contributed by atoms with E-state index >= 15 is 0 Å². The Morgan fingerprint density at radius 3 is 2.42 bits per heavy atom. The first-order valence-corrected chi connectivity index (χ1v) is 11.6. The lowest BCUT2D eigenvalue weighted by atomic mass is 10.1. The summed E-state index contributed by atoms with van der Waals surface area (Å²) in [7, 11) is 0. The molecular weight excluding hydrogens is 443 g/mol. The lowest BCUT2D eigenvalue weighted by Gasteiger charge is -2.25. The number of nitrogens with zero attached hydrogens (tertiary/aromatic N) is 2. The minimum absolute atomic E-state index is 0.0282. The Bertz CT molecular complexity index is 1210. The van der Waals surface area contributed by atoms with Gasteiger partial charge in [0.2, 0.25) is 5.91 Å². The second-order valence-corrected chi connectivity index (χ2v) is 9.08. The quantitative estimate of drug-likeness (QED) is 0.466. The molecule has 0 bridgehead atoms. The smallest absolute Gasteiger partial charge is 0.330 e. The molecule has 33 heavy (non-hydrogen) atoms. The summed E-state index contributed by atoms with van der Waals surface area (Å²) in [5, 5.41) is 0. The highest BCUT2D eigenvalue weighted by Crippen LogP contribution is 2.23. The molecule has 0 saturated carbocycles. The fourth-order valence-electron chi connectivity index (χ4n) is 3.26. The molecule has 0 spiro atoms. The summed E-state index contributed by atoms with van der Waals surface area (Å²) in [6.07, 6.45) is 0.643. The van der Waals surface area contributed by atoms with Gasteiger partial charge in [-0.15, -0.1) is 11.8 Å². The number of rotatable bonds is 9. The molecule has 0 unspecified atom stereocenters. The second-order valence-electron chi connectivity index (χ2n) is 8.04. The zero-order valence-electron chi connectivity index (χ0n) is 18.6. The first-order valence-electron chi connectivity index (χ1n) is 10.6. The third kappa shape index (κ3) is 6.35. The number of nitrogen functional groups attached to an aromatic ring is 1. The molecule has 3 aromatic rings. The zero-order valence-corrected chi connectivity index (χ0v) is 19.4. The monoisotopic (exact) mass is 470 g/mol. The van der Waals surface area contributed by atoms with Crippen LogP contribution in [-0.4, -0.2) is 27.8 Å². The van der Waals surface area contributed by atoms with E-state index in [2.05, 4.69) is 4.98 Å². The number of anilines is 2. The van der Waals surface area contributed by atoms with E-state index in [-0.39, 0.29) is 48.0 Å². The van der Waals surface area contributed by atoms with Crippen molar-refractivity contribution in [2.45, 2.75) is 31.7 Å². The molecule has 3 N–H and O–H groups in total. The Morgan fingerprint density at radius 2 is 1.79 bits per heavy atom. The summed E-state index contributed by atoms with van der Waals surface area (Å²) in [6.45, 7) is 4.46. The molecule has 1 heterocycles. The van der Waals surface area contributed by atoms with Crippen LogP contribution < -0.4 is 21.9 Å². The van der Waals surface area contributed by atoms with Crippen molar-refractivity contribution in [3.8, 4) is 0 Å². The standard InChI is InChI=1S/C24H27FN4O3S/c1-16(2)12-13-28(20(30)15-33-19-10-8-18(25)9-11-19)21-22(26)29(24(32)27-23(21)31)14-17-6-4-3-5-7-17/h3-11,16H,12-15,26H2,1-2H3,(H,27,31,32). The molecule has 174 valence electrons. The van der Waals surface area contributed by atoms with Crippen molar-refractivity contribution in [2.24, 2.45) is 5.92 Å². The maximum absolute atomic E-state index is 13.2. The van der Waals surface area contributed by atoms with Crippen LogP contribution in [0, 0.1) is 11.7 Å². The number of hydrogen-bond donors (Lipinski definition) is 2. The highest BCUT2D eigenvalue weighted by molar-refractivity contribution is 8.00. The van der Waals surface area contributed by atoms with Crippen LogP contribution in [0.25, 0.3) is 0 Å². The summed E-state index contributed by atoms with van der Waals surface area (Å²) < 4.78 is 14.4. The summed E-state index contributed by atoms with van der Waals surface area (Å²) in [6, 6.07) is 15.1. The first kappa shape index (κ1) is 24.3. The van der Waals surface area contributed by atoms with Crippen molar-refractivity contribution < 1.29 is 9.18 Å². The maximum atomic E-state index is 13.2. The molecule has 1 amide bonds. The summed E-state index contributed by atoms with van der Waals surface area (Å²) >= 11 is 1.24. The van der Waals surface area contributed by atoms with Crippen molar-refractivity contribution in [3.63, 3.8) is 0 Å². The van der Waals surface area contributed by atoms with Gasteiger partial charge in [0, 0.05) is 11.4 Å². The van der Waals surface area contributed by atoms with Gasteiger partial charge in [0.1, 0.15) is 11.6 Å². The number of amides is 1. The van der Waals surface area contributed by atoms with Crippen molar-refractivity contribution in [1.29, 1.82) is 0 Å². The van der Waals surface area contributed by atoms with Gasteiger partial charge in [0.05, 0.1) is 12.3 Å². The number of nitrogens with two attached hydrogens (primary N) is 1. The number of halogens is 1. The predicted octanol–water partition coefficient (Wildman–Crippen LogP) is 3.48. The topological polar surface area (TPSA) is 101 Å². The molecule has 3 rings (SSSR count). The van der Waals surface area contributed by atoms with Gasteiger partial charge < -0.3 is 10.6 Å². The summed E-state index contributed by atoms with van der Waals surface area (Å²) in [5.41, 5.74) is 5.76. The Kier molecular flexibility index (Phi) is 8.11. The van der Waals surface area contributed by atoms with Gasteiger partial charge in [-0.1, -0.05) is 44.2 Å². The third-order valence-corrected chi connectivity index (χ3v) is 6.07. The van der Waals surface area contributed by atoms with E-state index in [9.17, 15) is 18.8 Å². The molecular formula is C24H27FN4O3S. The van der Waals surface area contributed by atoms with Crippen LogP contribution in [0.15, 0.2) is 69.1 Å². The zero-order chi connectivity index (χ0) is 24.0. The predicted molar refractivity (Wildman–Crippen MR) is 130 cm³/mol. The van der Waals surface area contributed by atoms with Crippen LogP contribution in [0.5, 0.6) is 0 Å². The highest BCUT2D eigenvalue weighted by Gasteiger charge is 2.24. The van der Waals surface area contributed by atoms with Crippen molar-refractivity contribution >= 4 is 29.2 Å². The van der Waals surface area contributed by atoms with Gasteiger partial charge in [-0.2, -0.15) is 0 Å².